The number of nitriles is 1. The Kier molecular flexibility index (Phi) is 4.73. The fourth-order valence-corrected chi connectivity index (χ4v) is 2.12. The summed E-state index contributed by atoms with van der Waals surface area (Å²) in [7, 11) is 0. The third-order valence-corrected chi connectivity index (χ3v) is 3.10. The molecule has 0 saturated heterocycles. The number of ether oxygens (including phenoxy) is 1. The third kappa shape index (κ3) is 4.41. The zero-order valence-electron chi connectivity index (χ0n) is 11.9. The number of nitrogens with zero attached hydrogens (tertiary/aromatic N) is 1. The second kappa shape index (κ2) is 6.43. The van der Waals surface area contributed by atoms with Gasteiger partial charge in [0.15, 0.2) is 0 Å². The number of alkyl halides is 6. The highest BCUT2D eigenvalue weighted by Crippen LogP contribution is 2.34. The molecule has 2 nitrogen and oxygen atoms in total. The van der Waals surface area contributed by atoms with Crippen LogP contribution in [0.5, 0.6) is 5.75 Å². The number of hydrogen-bond donors (Lipinski definition) is 0. The molecule has 0 aliphatic carbocycles. The predicted octanol–water partition coefficient (Wildman–Crippen LogP) is 5.34. The normalized spacial score (nSPS) is 11.9. The van der Waals surface area contributed by atoms with E-state index in [0.717, 1.165) is 24.3 Å². The van der Waals surface area contributed by atoms with E-state index >= 15 is 0 Å². The zero-order chi connectivity index (χ0) is 18.0. The molecule has 0 N–H and O–H groups in total. The standard InChI is InChI=1S/C16H9F6NO/c17-15(18,19)12-3-6-14(11(9-12)7-8-23)10-1-4-13(5-2-10)24-16(20,21)22/h1-6,9H,7H2. The van der Waals surface area contributed by atoms with E-state index in [1.54, 1.807) is 6.07 Å². The number of benzene rings is 2. The molecular formula is C16H9F6NO. The number of hydrogen-bond acceptors (Lipinski definition) is 2. The molecule has 2 aromatic rings. The molecule has 0 aliphatic heterocycles. The summed E-state index contributed by atoms with van der Waals surface area (Å²) in [5.41, 5.74) is -0.0445. The average molecular weight is 345 g/mol. The molecule has 2 aromatic carbocycles. The van der Waals surface area contributed by atoms with Crippen molar-refractivity contribution in [2.45, 2.75) is 19.0 Å². The maximum absolute atomic E-state index is 12.7. The second-order valence-corrected chi connectivity index (χ2v) is 4.78. The Morgan fingerprint density at radius 2 is 1.54 bits per heavy atom. The first-order chi connectivity index (χ1) is 11.1. The molecule has 0 bridgehead atoms. The van der Waals surface area contributed by atoms with Crippen LogP contribution in [0.2, 0.25) is 0 Å². The van der Waals surface area contributed by atoms with Gasteiger partial charge in [-0.15, -0.1) is 13.2 Å². The van der Waals surface area contributed by atoms with Crippen molar-refractivity contribution in [3.8, 4) is 22.9 Å². The Hall–Kier alpha value is -2.69. The van der Waals surface area contributed by atoms with Gasteiger partial charge >= 0.3 is 12.5 Å². The molecular weight excluding hydrogens is 336 g/mol. The quantitative estimate of drug-likeness (QED) is 0.704. The summed E-state index contributed by atoms with van der Waals surface area (Å²) in [4.78, 5) is 0. The minimum Gasteiger partial charge on any atom is -0.406 e. The Morgan fingerprint density at radius 3 is 2.04 bits per heavy atom. The Morgan fingerprint density at radius 1 is 0.917 bits per heavy atom. The lowest BCUT2D eigenvalue weighted by Gasteiger charge is -2.13. The van der Waals surface area contributed by atoms with E-state index in [0.29, 0.717) is 11.1 Å². The van der Waals surface area contributed by atoms with Gasteiger partial charge in [-0.25, -0.2) is 0 Å². The molecule has 8 heteroatoms. The van der Waals surface area contributed by atoms with E-state index in [2.05, 4.69) is 4.74 Å². The minimum atomic E-state index is -4.83. The predicted molar refractivity (Wildman–Crippen MR) is 72.9 cm³/mol. The SMILES string of the molecule is N#CCc1cc(C(F)(F)F)ccc1-c1ccc(OC(F)(F)F)cc1. The summed E-state index contributed by atoms with van der Waals surface area (Å²) >= 11 is 0. The van der Waals surface area contributed by atoms with Crippen molar-refractivity contribution in [3.63, 3.8) is 0 Å². The first-order valence-electron chi connectivity index (χ1n) is 6.53. The van der Waals surface area contributed by atoms with Gasteiger partial charge in [-0.05, 0) is 41.0 Å². The zero-order valence-corrected chi connectivity index (χ0v) is 11.9. The van der Waals surface area contributed by atoms with Crippen molar-refractivity contribution >= 4 is 0 Å². The average Bonchev–Trinajstić information content (AvgIpc) is 2.46. The van der Waals surface area contributed by atoms with Crippen LogP contribution in [0, 0.1) is 11.3 Å². The molecule has 0 radical (unpaired) electrons. The number of rotatable bonds is 3. The van der Waals surface area contributed by atoms with Crippen LogP contribution in [0.25, 0.3) is 11.1 Å². The lowest BCUT2D eigenvalue weighted by molar-refractivity contribution is -0.274. The molecule has 0 aromatic heterocycles. The van der Waals surface area contributed by atoms with Gasteiger partial charge < -0.3 is 4.74 Å². The Balaban J connectivity index is 2.39. The molecule has 2 rings (SSSR count). The maximum Gasteiger partial charge on any atom is 0.573 e. The molecule has 0 unspecified atom stereocenters. The summed E-state index contributed by atoms with van der Waals surface area (Å²) in [6.45, 7) is 0. The van der Waals surface area contributed by atoms with Crippen molar-refractivity contribution in [2.75, 3.05) is 0 Å². The largest absolute Gasteiger partial charge is 0.573 e. The fourth-order valence-electron chi connectivity index (χ4n) is 2.12. The molecule has 0 heterocycles. The van der Waals surface area contributed by atoms with Crippen LogP contribution in [0.1, 0.15) is 11.1 Å². The van der Waals surface area contributed by atoms with Crippen molar-refractivity contribution in [1.29, 1.82) is 5.26 Å². The van der Waals surface area contributed by atoms with Gasteiger partial charge in [-0.3, -0.25) is 0 Å². The van der Waals surface area contributed by atoms with Crippen molar-refractivity contribution in [1.82, 2.24) is 0 Å². The van der Waals surface area contributed by atoms with Crippen LogP contribution in [0.3, 0.4) is 0 Å². The third-order valence-electron chi connectivity index (χ3n) is 3.10. The van der Waals surface area contributed by atoms with Crippen LogP contribution >= 0.6 is 0 Å². The highest BCUT2D eigenvalue weighted by Gasteiger charge is 2.32. The summed E-state index contributed by atoms with van der Waals surface area (Å²) in [5.74, 6) is -0.444. The summed E-state index contributed by atoms with van der Waals surface area (Å²) < 4.78 is 78.3. The molecule has 0 amide bonds. The smallest absolute Gasteiger partial charge is 0.406 e. The van der Waals surface area contributed by atoms with Crippen molar-refractivity contribution in [2.24, 2.45) is 0 Å². The first kappa shape index (κ1) is 17.7. The summed E-state index contributed by atoms with van der Waals surface area (Å²) in [6, 6.07) is 9.35. The van der Waals surface area contributed by atoms with Gasteiger partial charge in [0, 0.05) is 0 Å². The minimum absolute atomic E-state index is 0.136. The monoisotopic (exact) mass is 345 g/mol. The van der Waals surface area contributed by atoms with Crippen LogP contribution < -0.4 is 4.74 Å². The van der Waals surface area contributed by atoms with E-state index in [1.165, 1.54) is 18.2 Å². The van der Waals surface area contributed by atoms with Gasteiger partial charge in [0.05, 0.1) is 18.1 Å². The van der Waals surface area contributed by atoms with Gasteiger partial charge in [-0.1, -0.05) is 18.2 Å². The van der Waals surface area contributed by atoms with Gasteiger partial charge in [0.2, 0.25) is 0 Å². The number of halogens is 6. The van der Waals surface area contributed by atoms with Gasteiger partial charge in [-0.2, -0.15) is 18.4 Å². The van der Waals surface area contributed by atoms with Crippen molar-refractivity contribution < 1.29 is 31.1 Å². The highest BCUT2D eigenvalue weighted by molar-refractivity contribution is 5.69. The lowest BCUT2D eigenvalue weighted by atomic mass is 9.95. The summed E-state index contributed by atoms with van der Waals surface area (Å²) in [6.07, 6.45) is -9.64. The van der Waals surface area contributed by atoms with Crippen LogP contribution in [-0.2, 0) is 12.6 Å². The topological polar surface area (TPSA) is 33.0 Å². The molecule has 0 spiro atoms. The van der Waals surface area contributed by atoms with E-state index in [-0.39, 0.29) is 12.0 Å². The van der Waals surface area contributed by atoms with Crippen LogP contribution in [0.4, 0.5) is 26.3 Å². The second-order valence-electron chi connectivity index (χ2n) is 4.78. The van der Waals surface area contributed by atoms with E-state index in [9.17, 15) is 26.3 Å². The first-order valence-corrected chi connectivity index (χ1v) is 6.53. The Labute approximate surface area is 132 Å². The van der Waals surface area contributed by atoms with E-state index < -0.39 is 23.9 Å². The molecule has 126 valence electrons. The summed E-state index contributed by atoms with van der Waals surface area (Å²) in [5, 5.41) is 8.78. The van der Waals surface area contributed by atoms with E-state index in [1.807, 2.05) is 0 Å². The Bertz CT molecular complexity index is 756. The van der Waals surface area contributed by atoms with E-state index in [4.69, 9.17) is 5.26 Å². The molecule has 0 atom stereocenters. The van der Waals surface area contributed by atoms with Crippen molar-refractivity contribution in [3.05, 3.63) is 53.6 Å². The lowest BCUT2D eigenvalue weighted by Crippen LogP contribution is -2.16. The van der Waals surface area contributed by atoms with Gasteiger partial charge in [0.1, 0.15) is 5.75 Å². The fraction of sp³-hybridized carbons (Fsp3) is 0.188. The van der Waals surface area contributed by atoms with Crippen LogP contribution in [-0.4, -0.2) is 6.36 Å². The molecule has 0 aliphatic rings. The maximum atomic E-state index is 12.7. The molecule has 0 saturated carbocycles. The molecule has 0 fully saturated rings. The molecule has 24 heavy (non-hydrogen) atoms. The van der Waals surface area contributed by atoms with Crippen LogP contribution in [0.15, 0.2) is 42.5 Å². The highest BCUT2D eigenvalue weighted by atomic mass is 19.4. The van der Waals surface area contributed by atoms with Gasteiger partial charge in [0.25, 0.3) is 0 Å².